The zero-order valence-electron chi connectivity index (χ0n) is 15.8. The van der Waals surface area contributed by atoms with E-state index in [2.05, 4.69) is 10.3 Å². The molecule has 0 bridgehead atoms. The molecule has 0 aliphatic rings. The van der Waals surface area contributed by atoms with Crippen LogP contribution in [0.1, 0.15) is 23.7 Å². The van der Waals surface area contributed by atoms with Crippen molar-refractivity contribution in [3.8, 4) is 10.8 Å². The molecule has 2 heterocycles. The number of hydrogen-bond acceptors (Lipinski definition) is 6. The van der Waals surface area contributed by atoms with Crippen LogP contribution in [0.4, 0.5) is 0 Å². The third-order valence-electron chi connectivity index (χ3n) is 3.95. The van der Waals surface area contributed by atoms with E-state index in [-0.39, 0.29) is 12.3 Å². The summed E-state index contributed by atoms with van der Waals surface area (Å²) in [5.41, 5.74) is 2.85. The second-order valence-corrected chi connectivity index (χ2v) is 7.00. The van der Waals surface area contributed by atoms with Gasteiger partial charge < -0.3 is 19.2 Å². The second-order valence-electron chi connectivity index (χ2n) is 6.14. The zero-order valence-corrected chi connectivity index (χ0v) is 16.7. The Labute approximate surface area is 168 Å². The summed E-state index contributed by atoms with van der Waals surface area (Å²) in [6.45, 7) is 4.84. The molecule has 1 N–H and O–H groups in total. The average Bonchev–Trinajstić information content (AvgIpc) is 3.38. The number of thiazole rings is 1. The molecule has 0 fully saturated rings. The molecule has 3 rings (SSSR count). The number of nitrogens with one attached hydrogen (secondary N) is 1. The molecular weight excluding hydrogens is 376 g/mol. The van der Waals surface area contributed by atoms with Gasteiger partial charge in [0.25, 0.3) is 0 Å². The fourth-order valence-electron chi connectivity index (χ4n) is 2.61. The van der Waals surface area contributed by atoms with Gasteiger partial charge >= 0.3 is 0 Å². The molecule has 0 spiro atoms. The molecule has 0 atom stereocenters. The summed E-state index contributed by atoms with van der Waals surface area (Å²) in [5.74, 6) is 0.659. The highest BCUT2D eigenvalue weighted by Crippen LogP contribution is 2.24. The Morgan fingerprint density at radius 1 is 1.18 bits per heavy atom. The summed E-state index contributed by atoms with van der Waals surface area (Å²) >= 11 is 1.47. The minimum absolute atomic E-state index is 0.0605. The molecule has 28 heavy (non-hydrogen) atoms. The predicted octanol–water partition coefficient (Wildman–Crippen LogP) is 3.82. The van der Waals surface area contributed by atoms with Crippen LogP contribution in [0.15, 0.2) is 52.5 Å². The Bertz CT molecular complexity index is 861. The van der Waals surface area contributed by atoms with E-state index in [1.54, 1.807) is 6.26 Å². The maximum absolute atomic E-state index is 12.2. The normalized spacial score (nSPS) is 10.9. The monoisotopic (exact) mass is 400 g/mol. The Balaban J connectivity index is 1.43. The van der Waals surface area contributed by atoms with E-state index in [4.69, 9.17) is 13.9 Å². The number of benzene rings is 1. The molecule has 0 saturated heterocycles. The summed E-state index contributed by atoms with van der Waals surface area (Å²) in [5, 5.41) is 5.61. The molecule has 0 aliphatic carbocycles. The Kier molecular flexibility index (Phi) is 7.78. The molecule has 1 amide bonds. The van der Waals surface area contributed by atoms with E-state index in [1.807, 2.05) is 48.7 Å². The van der Waals surface area contributed by atoms with Gasteiger partial charge in [0.1, 0.15) is 0 Å². The van der Waals surface area contributed by atoms with Crippen LogP contribution in [-0.2, 0) is 33.8 Å². The van der Waals surface area contributed by atoms with Crippen molar-refractivity contribution in [3.63, 3.8) is 0 Å². The standard InChI is InChI=1S/C21H24N2O4S/c1-2-25-9-10-26-14-17-6-3-5-16(11-17)13-22-20(24)12-18-15-28-21(23-18)19-7-4-8-27-19/h3-8,11,15H,2,9-10,12-14H2,1H3,(H,22,24). The number of nitrogens with zero attached hydrogens (tertiary/aromatic N) is 1. The minimum Gasteiger partial charge on any atom is -0.462 e. The molecule has 1 aromatic carbocycles. The molecule has 148 valence electrons. The maximum atomic E-state index is 12.2. The SMILES string of the molecule is CCOCCOCc1cccc(CNC(=O)Cc2csc(-c3ccco3)n2)c1. The van der Waals surface area contributed by atoms with Crippen molar-refractivity contribution in [3.05, 3.63) is 64.9 Å². The topological polar surface area (TPSA) is 73.6 Å². The van der Waals surface area contributed by atoms with Gasteiger partial charge in [-0.05, 0) is 30.2 Å². The first-order chi connectivity index (χ1) is 13.7. The second kappa shape index (κ2) is 10.8. The van der Waals surface area contributed by atoms with E-state index < -0.39 is 0 Å². The number of amides is 1. The third kappa shape index (κ3) is 6.30. The van der Waals surface area contributed by atoms with Crippen LogP contribution < -0.4 is 5.32 Å². The van der Waals surface area contributed by atoms with Gasteiger partial charge in [-0.3, -0.25) is 4.79 Å². The molecule has 0 unspecified atom stereocenters. The lowest BCUT2D eigenvalue weighted by Gasteiger charge is -2.08. The quantitative estimate of drug-likeness (QED) is 0.496. The van der Waals surface area contributed by atoms with Gasteiger partial charge in [-0.15, -0.1) is 11.3 Å². The van der Waals surface area contributed by atoms with Crippen molar-refractivity contribution in [1.82, 2.24) is 10.3 Å². The van der Waals surface area contributed by atoms with Gasteiger partial charge in [0.05, 0.1) is 38.2 Å². The number of aromatic nitrogens is 1. The number of furan rings is 1. The van der Waals surface area contributed by atoms with Crippen molar-refractivity contribution < 1.29 is 18.7 Å². The first-order valence-electron chi connectivity index (χ1n) is 9.23. The van der Waals surface area contributed by atoms with E-state index >= 15 is 0 Å². The summed E-state index contributed by atoms with van der Waals surface area (Å²) in [4.78, 5) is 16.7. The number of hydrogen-bond donors (Lipinski definition) is 1. The molecular formula is C21H24N2O4S. The smallest absolute Gasteiger partial charge is 0.226 e. The number of carbonyl (C=O) groups is 1. The van der Waals surface area contributed by atoms with Crippen LogP contribution in [0.2, 0.25) is 0 Å². The first kappa shape index (κ1) is 20.3. The van der Waals surface area contributed by atoms with Crippen molar-refractivity contribution >= 4 is 17.2 Å². The number of carbonyl (C=O) groups excluding carboxylic acids is 1. The molecule has 2 aromatic heterocycles. The lowest BCUT2D eigenvalue weighted by Crippen LogP contribution is -2.24. The third-order valence-corrected chi connectivity index (χ3v) is 4.86. The van der Waals surface area contributed by atoms with Crippen molar-refractivity contribution in [2.75, 3.05) is 19.8 Å². The minimum atomic E-state index is -0.0605. The Morgan fingerprint density at radius 2 is 2.04 bits per heavy atom. The first-order valence-corrected chi connectivity index (χ1v) is 10.1. The molecule has 7 heteroatoms. The zero-order chi connectivity index (χ0) is 19.6. The number of ether oxygens (including phenoxy) is 2. The van der Waals surface area contributed by atoms with Gasteiger partial charge in [0.2, 0.25) is 5.91 Å². The van der Waals surface area contributed by atoms with Gasteiger partial charge in [0, 0.05) is 18.5 Å². The summed E-state index contributed by atoms with van der Waals surface area (Å²) in [6.07, 6.45) is 1.86. The Morgan fingerprint density at radius 3 is 2.86 bits per heavy atom. The van der Waals surface area contributed by atoms with Crippen molar-refractivity contribution in [2.24, 2.45) is 0 Å². The fraction of sp³-hybridized carbons (Fsp3) is 0.333. The summed E-state index contributed by atoms with van der Waals surface area (Å²) in [7, 11) is 0. The Hall–Kier alpha value is -2.48. The van der Waals surface area contributed by atoms with Crippen LogP contribution >= 0.6 is 11.3 Å². The van der Waals surface area contributed by atoms with E-state index in [0.29, 0.717) is 33.0 Å². The molecule has 0 saturated carbocycles. The lowest BCUT2D eigenvalue weighted by molar-refractivity contribution is -0.120. The van der Waals surface area contributed by atoms with E-state index in [9.17, 15) is 4.79 Å². The van der Waals surface area contributed by atoms with Gasteiger partial charge in [-0.2, -0.15) is 0 Å². The fourth-order valence-corrected chi connectivity index (χ4v) is 3.40. The van der Waals surface area contributed by atoms with Gasteiger partial charge in [-0.25, -0.2) is 4.98 Å². The van der Waals surface area contributed by atoms with Crippen molar-refractivity contribution in [1.29, 1.82) is 0 Å². The van der Waals surface area contributed by atoms with E-state index in [1.165, 1.54) is 11.3 Å². The van der Waals surface area contributed by atoms with Gasteiger partial charge in [0.15, 0.2) is 10.8 Å². The van der Waals surface area contributed by atoms with Crippen LogP contribution in [-0.4, -0.2) is 30.7 Å². The largest absolute Gasteiger partial charge is 0.462 e. The predicted molar refractivity (Wildman–Crippen MR) is 108 cm³/mol. The van der Waals surface area contributed by atoms with Gasteiger partial charge in [-0.1, -0.05) is 24.3 Å². The number of rotatable bonds is 11. The highest BCUT2D eigenvalue weighted by atomic mass is 32.1. The van der Waals surface area contributed by atoms with E-state index in [0.717, 1.165) is 27.6 Å². The maximum Gasteiger partial charge on any atom is 0.226 e. The summed E-state index contributed by atoms with van der Waals surface area (Å²) < 4.78 is 16.2. The molecule has 6 nitrogen and oxygen atoms in total. The summed E-state index contributed by atoms with van der Waals surface area (Å²) in [6, 6.07) is 11.7. The highest BCUT2D eigenvalue weighted by molar-refractivity contribution is 7.13. The lowest BCUT2D eigenvalue weighted by atomic mass is 10.1. The van der Waals surface area contributed by atoms with Crippen LogP contribution in [0.25, 0.3) is 10.8 Å². The average molecular weight is 401 g/mol. The molecule has 0 aliphatic heterocycles. The molecule has 3 aromatic rings. The van der Waals surface area contributed by atoms with Crippen LogP contribution in [0.3, 0.4) is 0 Å². The highest BCUT2D eigenvalue weighted by Gasteiger charge is 2.10. The molecule has 0 radical (unpaired) electrons. The van der Waals surface area contributed by atoms with Crippen LogP contribution in [0.5, 0.6) is 0 Å². The van der Waals surface area contributed by atoms with Crippen molar-refractivity contribution in [2.45, 2.75) is 26.5 Å². The van der Waals surface area contributed by atoms with Crippen LogP contribution in [0, 0.1) is 0 Å².